The van der Waals surface area contributed by atoms with E-state index in [2.05, 4.69) is 10.6 Å². The van der Waals surface area contributed by atoms with Gasteiger partial charge < -0.3 is 15.4 Å². The smallest absolute Gasteiger partial charge is 0.257 e. The summed E-state index contributed by atoms with van der Waals surface area (Å²) in [5.41, 5.74) is 1.08. The standard InChI is InChI=1S/C22H26F2N2O3/c1-12(2)20(26-21(27)19-16(23)7-6-8-17(19)24)22(28)25-14(4)15-11-13(3)9-10-18(15)29-5/h6-12,14,20H,1-5H3,(H,25,28)(H,26,27)/t14-,20+/m1/s1. The van der Waals surface area contributed by atoms with E-state index in [-0.39, 0.29) is 5.92 Å². The molecule has 0 fully saturated rings. The van der Waals surface area contributed by atoms with Gasteiger partial charge in [0.2, 0.25) is 5.91 Å². The average Bonchev–Trinajstić information content (AvgIpc) is 2.65. The van der Waals surface area contributed by atoms with Crippen molar-refractivity contribution < 1.29 is 23.1 Å². The Morgan fingerprint density at radius 3 is 2.17 bits per heavy atom. The van der Waals surface area contributed by atoms with Crippen LogP contribution in [0.4, 0.5) is 8.78 Å². The molecule has 0 radical (unpaired) electrons. The summed E-state index contributed by atoms with van der Waals surface area (Å²) >= 11 is 0. The lowest BCUT2D eigenvalue weighted by molar-refractivity contribution is -0.124. The van der Waals surface area contributed by atoms with Crippen LogP contribution in [-0.4, -0.2) is 25.0 Å². The van der Waals surface area contributed by atoms with Crippen molar-refractivity contribution in [1.29, 1.82) is 0 Å². The van der Waals surface area contributed by atoms with Gasteiger partial charge in [-0.15, -0.1) is 0 Å². The van der Waals surface area contributed by atoms with Crippen molar-refractivity contribution in [3.8, 4) is 5.75 Å². The predicted octanol–water partition coefficient (Wildman–Crippen LogP) is 3.91. The molecule has 0 unspecified atom stereocenters. The highest BCUT2D eigenvalue weighted by molar-refractivity contribution is 5.98. The molecule has 2 amide bonds. The molecule has 156 valence electrons. The van der Waals surface area contributed by atoms with Crippen molar-refractivity contribution in [3.63, 3.8) is 0 Å². The maximum absolute atomic E-state index is 13.9. The largest absolute Gasteiger partial charge is 0.496 e. The number of hydrogen-bond donors (Lipinski definition) is 2. The Bertz CT molecular complexity index is 879. The van der Waals surface area contributed by atoms with Crippen molar-refractivity contribution in [1.82, 2.24) is 10.6 Å². The number of nitrogens with one attached hydrogen (secondary N) is 2. The molecule has 2 N–H and O–H groups in total. The molecule has 0 heterocycles. The van der Waals surface area contributed by atoms with E-state index in [0.29, 0.717) is 5.75 Å². The van der Waals surface area contributed by atoms with Gasteiger partial charge in [0.15, 0.2) is 0 Å². The third-order valence-corrected chi connectivity index (χ3v) is 4.64. The molecule has 0 spiro atoms. The maximum Gasteiger partial charge on any atom is 0.257 e. The second kappa shape index (κ2) is 9.49. The van der Waals surface area contributed by atoms with E-state index in [4.69, 9.17) is 4.74 Å². The zero-order valence-corrected chi connectivity index (χ0v) is 17.2. The van der Waals surface area contributed by atoms with Gasteiger partial charge in [-0.3, -0.25) is 9.59 Å². The van der Waals surface area contributed by atoms with Crippen molar-refractivity contribution in [2.24, 2.45) is 5.92 Å². The van der Waals surface area contributed by atoms with E-state index in [1.165, 1.54) is 6.07 Å². The molecule has 0 saturated carbocycles. The molecule has 0 aliphatic rings. The molecular formula is C22H26F2N2O3. The quantitative estimate of drug-likeness (QED) is 0.735. The first kappa shape index (κ1) is 22.3. The van der Waals surface area contributed by atoms with Crippen LogP contribution in [-0.2, 0) is 4.79 Å². The summed E-state index contributed by atoms with van der Waals surface area (Å²) in [7, 11) is 1.54. The Kier molecular flexibility index (Phi) is 7.31. The highest BCUT2D eigenvalue weighted by atomic mass is 19.1. The first-order chi connectivity index (χ1) is 13.6. The van der Waals surface area contributed by atoms with E-state index in [0.717, 1.165) is 23.3 Å². The lowest BCUT2D eigenvalue weighted by atomic mass is 10.00. The molecule has 2 rings (SSSR count). The summed E-state index contributed by atoms with van der Waals surface area (Å²) in [6.45, 7) is 7.20. The summed E-state index contributed by atoms with van der Waals surface area (Å²) in [5.74, 6) is -3.08. The fourth-order valence-corrected chi connectivity index (χ4v) is 3.04. The van der Waals surface area contributed by atoms with Crippen LogP contribution in [0, 0.1) is 24.5 Å². The molecule has 29 heavy (non-hydrogen) atoms. The number of carbonyl (C=O) groups excluding carboxylic acids is 2. The number of halogens is 2. The molecule has 2 aromatic carbocycles. The van der Waals surface area contributed by atoms with Gasteiger partial charge in [0.25, 0.3) is 5.91 Å². The van der Waals surface area contributed by atoms with Crippen molar-refractivity contribution >= 4 is 11.8 Å². The number of amides is 2. The summed E-state index contributed by atoms with van der Waals surface area (Å²) in [4.78, 5) is 25.3. The van der Waals surface area contributed by atoms with Gasteiger partial charge in [0, 0.05) is 5.56 Å². The first-order valence-corrected chi connectivity index (χ1v) is 9.35. The fourth-order valence-electron chi connectivity index (χ4n) is 3.04. The van der Waals surface area contributed by atoms with Gasteiger partial charge in [0.1, 0.15) is 29.0 Å². The molecule has 0 saturated heterocycles. The normalized spacial score (nSPS) is 13.0. The Morgan fingerprint density at radius 2 is 1.62 bits per heavy atom. The van der Waals surface area contributed by atoms with E-state index in [1.807, 2.05) is 25.1 Å². The average molecular weight is 404 g/mol. The number of hydrogen-bond acceptors (Lipinski definition) is 3. The van der Waals surface area contributed by atoms with Crippen molar-refractivity contribution in [3.05, 3.63) is 64.7 Å². The van der Waals surface area contributed by atoms with Gasteiger partial charge in [-0.25, -0.2) is 8.78 Å². The number of ether oxygens (including phenoxy) is 1. The third kappa shape index (κ3) is 5.31. The number of rotatable bonds is 7. The minimum Gasteiger partial charge on any atom is -0.496 e. The summed E-state index contributed by atoms with van der Waals surface area (Å²) in [5, 5.41) is 5.29. The zero-order chi connectivity index (χ0) is 21.7. The van der Waals surface area contributed by atoms with E-state index >= 15 is 0 Å². The number of aryl methyl sites for hydroxylation is 1. The SMILES string of the molecule is COc1ccc(C)cc1[C@@H](C)NC(=O)[C@@H](NC(=O)c1c(F)cccc1F)C(C)C. The van der Waals surface area contributed by atoms with Crippen LogP contribution in [0.25, 0.3) is 0 Å². The van der Waals surface area contributed by atoms with Crippen molar-refractivity contribution in [2.45, 2.75) is 39.8 Å². The maximum atomic E-state index is 13.9. The van der Waals surface area contributed by atoms with Gasteiger partial charge in [-0.05, 0) is 38.0 Å². The molecule has 0 aliphatic carbocycles. The van der Waals surface area contributed by atoms with E-state index in [1.54, 1.807) is 27.9 Å². The second-order valence-corrected chi connectivity index (χ2v) is 7.27. The Labute approximate surface area is 169 Å². The highest BCUT2D eigenvalue weighted by Gasteiger charge is 2.28. The Balaban J connectivity index is 2.20. The van der Waals surface area contributed by atoms with Crippen LogP contribution >= 0.6 is 0 Å². The second-order valence-electron chi connectivity index (χ2n) is 7.27. The molecule has 2 aromatic rings. The Morgan fingerprint density at radius 1 is 1.00 bits per heavy atom. The van der Waals surface area contributed by atoms with E-state index < -0.39 is 41.1 Å². The lowest BCUT2D eigenvalue weighted by Gasteiger charge is -2.25. The number of carbonyl (C=O) groups is 2. The summed E-state index contributed by atoms with van der Waals surface area (Å²) in [6, 6.07) is 7.41. The highest BCUT2D eigenvalue weighted by Crippen LogP contribution is 2.26. The molecule has 7 heteroatoms. The van der Waals surface area contributed by atoms with Gasteiger partial charge >= 0.3 is 0 Å². The van der Waals surface area contributed by atoms with Crippen LogP contribution in [0.3, 0.4) is 0 Å². The van der Waals surface area contributed by atoms with Gasteiger partial charge in [-0.1, -0.05) is 37.6 Å². The fraction of sp³-hybridized carbons (Fsp3) is 0.364. The van der Waals surface area contributed by atoms with Crippen molar-refractivity contribution in [2.75, 3.05) is 7.11 Å². The Hall–Kier alpha value is -2.96. The van der Waals surface area contributed by atoms with Crippen LogP contribution in [0.5, 0.6) is 5.75 Å². The summed E-state index contributed by atoms with van der Waals surface area (Å²) in [6.07, 6.45) is 0. The molecule has 0 aliphatic heterocycles. The van der Waals surface area contributed by atoms with Gasteiger partial charge in [-0.2, -0.15) is 0 Å². The predicted molar refractivity (Wildman–Crippen MR) is 107 cm³/mol. The zero-order valence-electron chi connectivity index (χ0n) is 17.2. The molecule has 5 nitrogen and oxygen atoms in total. The number of benzene rings is 2. The molecule has 0 bridgehead atoms. The van der Waals surface area contributed by atoms with Crippen LogP contribution in [0.15, 0.2) is 36.4 Å². The van der Waals surface area contributed by atoms with Crippen LogP contribution in [0.1, 0.15) is 48.3 Å². The first-order valence-electron chi connectivity index (χ1n) is 9.35. The topological polar surface area (TPSA) is 67.4 Å². The van der Waals surface area contributed by atoms with Crippen LogP contribution in [0.2, 0.25) is 0 Å². The third-order valence-electron chi connectivity index (χ3n) is 4.64. The molecule has 0 aromatic heterocycles. The van der Waals surface area contributed by atoms with Crippen LogP contribution < -0.4 is 15.4 Å². The minimum absolute atomic E-state index is 0.305. The molecule has 2 atom stereocenters. The van der Waals surface area contributed by atoms with E-state index in [9.17, 15) is 18.4 Å². The number of methoxy groups -OCH3 is 1. The van der Waals surface area contributed by atoms with Gasteiger partial charge in [0.05, 0.1) is 13.2 Å². The summed E-state index contributed by atoms with van der Waals surface area (Å²) < 4.78 is 33.1. The monoisotopic (exact) mass is 404 g/mol. The minimum atomic E-state index is -0.983. The lowest BCUT2D eigenvalue weighted by Crippen LogP contribution is -2.50. The molecular weight excluding hydrogens is 378 g/mol.